The summed E-state index contributed by atoms with van der Waals surface area (Å²) in [6.45, 7) is 0.195. The van der Waals surface area contributed by atoms with Crippen LogP contribution in [0.3, 0.4) is 0 Å². The van der Waals surface area contributed by atoms with Crippen LogP contribution in [0.4, 0.5) is 23.2 Å². The zero-order chi connectivity index (χ0) is 18.0. The summed E-state index contributed by atoms with van der Waals surface area (Å²) in [5, 5.41) is 2.34. The highest BCUT2D eigenvalue weighted by molar-refractivity contribution is 6.33. The molecule has 9 heteroatoms. The van der Waals surface area contributed by atoms with E-state index in [9.17, 15) is 22.4 Å². The summed E-state index contributed by atoms with van der Waals surface area (Å²) in [7, 11) is 1.40. The molecule has 24 heavy (non-hydrogen) atoms. The summed E-state index contributed by atoms with van der Waals surface area (Å²) in [6.07, 6.45) is -4.30. The number of nitrogens with one attached hydrogen (secondary N) is 1. The molecule has 1 aliphatic rings. The van der Waals surface area contributed by atoms with Crippen molar-refractivity contribution < 1.29 is 27.1 Å². The van der Waals surface area contributed by atoms with E-state index in [2.05, 4.69) is 5.32 Å². The Morgan fingerprint density at radius 1 is 1.46 bits per heavy atom. The van der Waals surface area contributed by atoms with Gasteiger partial charge < -0.3 is 10.1 Å². The van der Waals surface area contributed by atoms with Gasteiger partial charge in [0.25, 0.3) is 0 Å². The Bertz CT molecular complexity index is 612. The molecule has 0 aromatic heterocycles. The number of methoxy groups -OCH3 is 1. The van der Waals surface area contributed by atoms with Crippen molar-refractivity contribution >= 4 is 23.2 Å². The number of benzene rings is 1. The monoisotopic (exact) mass is 368 g/mol. The van der Waals surface area contributed by atoms with Crippen molar-refractivity contribution in [1.82, 2.24) is 4.90 Å². The van der Waals surface area contributed by atoms with Crippen LogP contribution in [-0.2, 0) is 15.7 Å². The summed E-state index contributed by atoms with van der Waals surface area (Å²) >= 11 is 5.82. The predicted octanol–water partition coefficient (Wildman–Crippen LogP) is 3.36. The Morgan fingerprint density at radius 3 is 2.79 bits per heavy atom. The van der Waals surface area contributed by atoms with Crippen molar-refractivity contribution in [3.63, 3.8) is 0 Å². The first-order chi connectivity index (χ1) is 11.1. The minimum absolute atomic E-state index is 0.00278. The van der Waals surface area contributed by atoms with E-state index in [1.54, 1.807) is 4.90 Å². The van der Waals surface area contributed by atoms with Crippen LogP contribution >= 0.6 is 11.6 Å². The fourth-order valence-corrected chi connectivity index (χ4v) is 2.78. The van der Waals surface area contributed by atoms with Crippen molar-refractivity contribution in [1.29, 1.82) is 0 Å². The highest BCUT2D eigenvalue weighted by Gasteiger charge is 2.39. The molecule has 0 radical (unpaired) electrons. The van der Waals surface area contributed by atoms with Crippen molar-refractivity contribution in [3.05, 3.63) is 28.8 Å². The Hall–Kier alpha value is -1.38. The number of hydrogen-bond donors (Lipinski definition) is 1. The fourth-order valence-electron chi connectivity index (χ4n) is 2.62. The van der Waals surface area contributed by atoms with E-state index in [0.29, 0.717) is 6.54 Å². The molecule has 1 fully saturated rings. The van der Waals surface area contributed by atoms with Gasteiger partial charge in [-0.2, -0.15) is 13.2 Å². The summed E-state index contributed by atoms with van der Waals surface area (Å²) in [6, 6.07) is 2.68. The molecule has 1 amide bonds. The number of halogens is 5. The van der Waals surface area contributed by atoms with Crippen LogP contribution in [0.25, 0.3) is 0 Å². The molecule has 1 aliphatic heterocycles. The van der Waals surface area contributed by atoms with Crippen LogP contribution in [-0.4, -0.2) is 49.8 Å². The third-order valence-electron chi connectivity index (χ3n) is 3.72. The van der Waals surface area contributed by atoms with Crippen LogP contribution in [0.5, 0.6) is 0 Å². The topological polar surface area (TPSA) is 41.6 Å². The zero-order valence-electron chi connectivity index (χ0n) is 12.9. The maximum absolute atomic E-state index is 14.2. The average Bonchev–Trinajstić information content (AvgIpc) is 2.81. The first kappa shape index (κ1) is 19.0. The number of alkyl halides is 4. The Balaban J connectivity index is 1.98. The largest absolute Gasteiger partial charge is 0.416 e. The van der Waals surface area contributed by atoms with Gasteiger partial charge in [-0.25, -0.2) is 4.39 Å². The van der Waals surface area contributed by atoms with E-state index < -0.39 is 23.3 Å². The first-order valence-corrected chi connectivity index (χ1v) is 7.57. The maximum Gasteiger partial charge on any atom is 0.416 e. The smallest absolute Gasteiger partial charge is 0.381 e. The standard InChI is InChI=1S/C15H17ClF4N2O2/c1-24-9-14(17)4-5-22(8-14)7-13(23)21-12-6-10(15(18,19)20)2-3-11(12)16/h2-3,6H,4-5,7-9H2,1H3,(H,21,23). The molecule has 1 N–H and O–H groups in total. The lowest BCUT2D eigenvalue weighted by atomic mass is 10.1. The normalized spacial score (nSPS) is 21.9. The molecule has 134 valence electrons. The summed E-state index contributed by atoms with van der Waals surface area (Å²) in [5.41, 5.74) is -2.55. The van der Waals surface area contributed by atoms with Gasteiger partial charge in [-0.3, -0.25) is 9.69 Å². The van der Waals surface area contributed by atoms with Gasteiger partial charge in [0.05, 0.1) is 29.4 Å². The molecular weight excluding hydrogens is 352 g/mol. The molecule has 0 aliphatic carbocycles. The van der Waals surface area contributed by atoms with Crippen molar-refractivity contribution in [2.45, 2.75) is 18.3 Å². The van der Waals surface area contributed by atoms with Crippen molar-refractivity contribution in [2.24, 2.45) is 0 Å². The number of likely N-dealkylation sites (tertiary alicyclic amines) is 1. The van der Waals surface area contributed by atoms with E-state index in [0.717, 1.165) is 18.2 Å². The van der Waals surface area contributed by atoms with Crippen LogP contribution in [0.2, 0.25) is 5.02 Å². The lowest BCUT2D eigenvalue weighted by Crippen LogP contribution is -2.36. The maximum atomic E-state index is 14.2. The third-order valence-corrected chi connectivity index (χ3v) is 4.05. The number of carbonyl (C=O) groups excluding carboxylic acids is 1. The summed E-state index contributed by atoms with van der Waals surface area (Å²) in [4.78, 5) is 13.6. The third kappa shape index (κ3) is 4.81. The Morgan fingerprint density at radius 2 is 2.17 bits per heavy atom. The quantitative estimate of drug-likeness (QED) is 0.810. The van der Waals surface area contributed by atoms with Crippen LogP contribution < -0.4 is 5.32 Å². The highest BCUT2D eigenvalue weighted by Crippen LogP contribution is 2.34. The molecule has 4 nitrogen and oxygen atoms in total. The minimum Gasteiger partial charge on any atom is -0.381 e. The number of hydrogen-bond acceptors (Lipinski definition) is 3. The second kappa shape index (κ2) is 7.25. The van der Waals surface area contributed by atoms with E-state index in [4.69, 9.17) is 16.3 Å². The fraction of sp³-hybridized carbons (Fsp3) is 0.533. The lowest BCUT2D eigenvalue weighted by Gasteiger charge is -2.20. The van der Waals surface area contributed by atoms with Crippen LogP contribution in [0, 0.1) is 0 Å². The Kier molecular flexibility index (Phi) is 5.72. The highest BCUT2D eigenvalue weighted by atomic mass is 35.5. The van der Waals surface area contributed by atoms with E-state index in [1.165, 1.54) is 7.11 Å². The molecule has 1 heterocycles. The second-order valence-corrected chi connectivity index (χ2v) is 6.19. The lowest BCUT2D eigenvalue weighted by molar-refractivity contribution is -0.137. The van der Waals surface area contributed by atoms with Gasteiger partial charge in [0, 0.05) is 20.2 Å². The zero-order valence-corrected chi connectivity index (χ0v) is 13.7. The number of ether oxygens (including phenoxy) is 1. The number of amides is 1. The summed E-state index contributed by atoms with van der Waals surface area (Å²) in [5.74, 6) is -0.558. The Labute approximate surface area is 141 Å². The second-order valence-electron chi connectivity index (χ2n) is 5.79. The van der Waals surface area contributed by atoms with Gasteiger partial charge in [-0.15, -0.1) is 0 Å². The molecule has 1 atom stereocenters. The SMILES string of the molecule is COCC1(F)CCN(CC(=O)Nc2cc(C(F)(F)F)ccc2Cl)C1. The number of carbonyl (C=O) groups is 1. The van der Waals surface area contributed by atoms with Crippen molar-refractivity contribution in [2.75, 3.05) is 38.7 Å². The average molecular weight is 369 g/mol. The van der Waals surface area contributed by atoms with Gasteiger partial charge in [-0.05, 0) is 24.6 Å². The predicted molar refractivity (Wildman–Crippen MR) is 81.9 cm³/mol. The molecular formula is C15H17ClF4N2O2. The molecule has 0 saturated carbocycles. The van der Waals surface area contributed by atoms with E-state index in [1.807, 2.05) is 0 Å². The number of nitrogens with zero attached hydrogens (tertiary/aromatic N) is 1. The van der Waals surface area contributed by atoms with Crippen LogP contribution in [0.1, 0.15) is 12.0 Å². The first-order valence-electron chi connectivity index (χ1n) is 7.20. The minimum atomic E-state index is -4.53. The van der Waals surface area contributed by atoms with Gasteiger partial charge in [0.2, 0.25) is 5.91 Å². The molecule has 0 bridgehead atoms. The van der Waals surface area contributed by atoms with Crippen LogP contribution in [0.15, 0.2) is 18.2 Å². The molecule has 1 saturated heterocycles. The van der Waals surface area contributed by atoms with E-state index in [-0.39, 0.29) is 36.8 Å². The molecule has 1 unspecified atom stereocenters. The molecule has 1 aromatic carbocycles. The molecule has 2 rings (SSSR count). The van der Waals surface area contributed by atoms with Gasteiger partial charge >= 0.3 is 6.18 Å². The van der Waals surface area contributed by atoms with Gasteiger partial charge in [0.15, 0.2) is 0 Å². The van der Waals surface area contributed by atoms with Gasteiger partial charge in [0.1, 0.15) is 5.67 Å². The molecule has 0 spiro atoms. The number of anilines is 1. The van der Waals surface area contributed by atoms with Gasteiger partial charge in [-0.1, -0.05) is 11.6 Å². The number of rotatable bonds is 5. The van der Waals surface area contributed by atoms with E-state index >= 15 is 0 Å². The molecule has 1 aromatic rings. The van der Waals surface area contributed by atoms with Crippen molar-refractivity contribution in [3.8, 4) is 0 Å². The summed E-state index contributed by atoms with van der Waals surface area (Å²) < 4.78 is 57.2.